The number of hydrogen-bond acceptors (Lipinski definition) is 6. The van der Waals surface area contributed by atoms with Gasteiger partial charge in [-0.25, -0.2) is 14.2 Å². The van der Waals surface area contributed by atoms with E-state index in [9.17, 15) is 23.6 Å². The van der Waals surface area contributed by atoms with Crippen LogP contribution in [-0.2, 0) is 20.7 Å². The van der Waals surface area contributed by atoms with Crippen molar-refractivity contribution in [2.75, 3.05) is 11.5 Å². The molecule has 2 bridgehead atoms. The number of carbonyl (C=O) groups excluding carboxylic acids is 4. The maximum absolute atomic E-state index is 13.4. The van der Waals surface area contributed by atoms with Crippen molar-refractivity contribution in [1.29, 1.82) is 0 Å². The van der Waals surface area contributed by atoms with Crippen molar-refractivity contribution in [3.63, 3.8) is 0 Å². The molecule has 0 N–H and O–H groups in total. The standard InChI is InChI=1S/C35H26BrFN2O5/c1-2-18-14-23(36)15-26-27(35(43)44-17-29(40)20-5-9-24(37)10-6-20)16-28(38-32(18)26)19-7-11-25(12-8-19)39-33(41)30-21-3-4-22(13-21)31(30)34(39)42/h3-12,14-16,21-22,30-31H,2,13,17H2,1H3. The fourth-order valence-corrected chi connectivity index (χ4v) is 7.32. The van der Waals surface area contributed by atoms with E-state index in [0.29, 0.717) is 34.3 Å². The van der Waals surface area contributed by atoms with E-state index in [1.165, 1.54) is 29.2 Å². The monoisotopic (exact) mass is 652 g/mol. The van der Waals surface area contributed by atoms with Gasteiger partial charge in [0.15, 0.2) is 12.4 Å². The minimum atomic E-state index is -0.700. The van der Waals surface area contributed by atoms with Gasteiger partial charge in [-0.05, 0) is 84.8 Å². The molecule has 1 saturated heterocycles. The van der Waals surface area contributed by atoms with Gasteiger partial charge in [-0.15, -0.1) is 0 Å². The first-order chi connectivity index (χ1) is 21.2. The number of ether oxygens (including phenoxy) is 1. The smallest absolute Gasteiger partial charge is 0.339 e. The molecule has 4 aromatic rings. The molecule has 4 unspecified atom stereocenters. The topological polar surface area (TPSA) is 93.6 Å². The zero-order valence-corrected chi connectivity index (χ0v) is 25.2. The number of Topliss-reactive ketones (excluding diaryl/α,β-unsaturated/α-hetero) is 1. The first-order valence-electron chi connectivity index (χ1n) is 14.5. The van der Waals surface area contributed by atoms with Gasteiger partial charge < -0.3 is 4.74 Å². The number of anilines is 1. The van der Waals surface area contributed by atoms with Crippen LogP contribution in [0.3, 0.4) is 0 Å². The van der Waals surface area contributed by atoms with Crippen molar-refractivity contribution >= 4 is 56.1 Å². The molecule has 0 spiro atoms. The maximum atomic E-state index is 13.4. The maximum Gasteiger partial charge on any atom is 0.339 e. The first kappa shape index (κ1) is 28.3. The first-order valence-corrected chi connectivity index (χ1v) is 15.3. The number of fused-ring (bicyclic) bond motifs is 6. The van der Waals surface area contributed by atoms with Crippen LogP contribution >= 0.6 is 15.9 Å². The van der Waals surface area contributed by atoms with Crippen LogP contribution in [0.4, 0.5) is 10.1 Å². The summed E-state index contributed by atoms with van der Waals surface area (Å²) in [5.41, 5.74) is 3.68. The lowest BCUT2D eigenvalue weighted by Gasteiger charge is -2.18. The molecule has 2 fully saturated rings. The summed E-state index contributed by atoms with van der Waals surface area (Å²) in [5, 5.41) is 0.568. The number of imide groups is 1. The average Bonchev–Trinajstić information content (AvgIpc) is 3.72. The lowest BCUT2D eigenvalue weighted by atomic mass is 9.85. The molecule has 2 amide bonds. The Hall–Kier alpha value is -4.50. The quantitative estimate of drug-likeness (QED) is 0.0953. The molecule has 9 heteroatoms. The number of nitrogens with zero attached hydrogens (tertiary/aromatic N) is 2. The molecule has 2 heterocycles. The van der Waals surface area contributed by atoms with E-state index in [0.717, 1.165) is 16.5 Å². The summed E-state index contributed by atoms with van der Waals surface area (Å²) in [6.07, 6.45) is 5.66. The number of allylic oxidation sites excluding steroid dienone is 2. The number of amides is 2. The van der Waals surface area contributed by atoms with Crippen molar-refractivity contribution in [3.8, 4) is 11.3 Å². The Morgan fingerprint density at radius 2 is 1.61 bits per heavy atom. The third-order valence-corrected chi connectivity index (χ3v) is 9.41. The van der Waals surface area contributed by atoms with Crippen molar-refractivity contribution in [2.45, 2.75) is 19.8 Å². The van der Waals surface area contributed by atoms with Crippen LogP contribution in [0.25, 0.3) is 22.2 Å². The fourth-order valence-electron chi connectivity index (χ4n) is 6.81. The second-order valence-corrected chi connectivity index (χ2v) is 12.4. The van der Waals surface area contributed by atoms with Crippen molar-refractivity contribution in [3.05, 3.63) is 106 Å². The molecule has 220 valence electrons. The molecule has 44 heavy (non-hydrogen) atoms. The molecule has 3 aliphatic rings. The van der Waals surface area contributed by atoms with Gasteiger partial charge in [-0.3, -0.25) is 19.3 Å². The Bertz CT molecular complexity index is 1870. The van der Waals surface area contributed by atoms with E-state index in [2.05, 4.69) is 28.1 Å². The van der Waals surface area contributed by atoms with Gasteiger partial charge in [-0.2, -0.15) is 0 Å². The van der Waals surface area contributed by atoms with Crippen LogP contribution < -0.4 is 4.90 Å². The SMILES string of the molecule is CCc1cc(Br)cc2c(C(=O)OCC(=O)c3ccc(F)cc3)cc(-c3ccc(N4C(=O)C5C6C=CC(C6)C5C4=O)cc3)nc12. The van der Waals surface area contributed by atoms with Gasteiger partial charge in [0.2, 0.25) is 11.8 Å². The molecular weight excluding hydrogens is 627 g/mol. The minimum Gasteiger partial charge on any atom is -0.454 e. The van der Waals surface area contributed by atoms with E-state index in [1.54, 1.807) is 36.4 Å². The van der Waals surface area contributed by atoms with Crippen LogP contribution in [0.15, 0.2) is 83.4 Å². The Balaban J connectivity index is 1.20. The third kappa shape index (κ3) is 4.66. The summed E-state index contributed by atoms with van der Waals surface area (Å²) in [5.74, 6) is -2.22. The summed E-state index contributed by atoms with van der Waals surface area (Å²) >= 11 is 3.52. The number of rotatable bonds is 7. The van der Waals surface area contributed by atoms with Gasteiger partial charge >= 0.3 is 5.97 Å². The highest BCUT2D eigenvalue weighted by atomic mass is 79.9. The fraction of sp³-hybridized carbons (Fsp3) is 0.229. The third-order valence-electron chi connectivity index (χ3n) is 8.95. The van der Waals surface area contributed by atoms with Crippen molar-refractivity contribution < 1.29 is 28.3 Å². The lowest BCUT2D eigenvalue weighted by Crippen LogP contribution is -2.32. The normalized spacial score (nSPS) is 21.8. The summed E-state index contributed by atoms with van der Waals surface area (Å²) in [7, 11) is 0. The summed E-state index contributed by atoms with van der Waals surface area (Å²) in [4.78, 5) is 58.8. The summed E-state index contributed by atoms with van der Waals surface area (Å²) in [6, 6.07) is 17.4. The van der Waals surface area contributed by atoms with Crippen LogP contribution in [0.5, 0.6) is 0 Å². The molecule has 1 aromatic heterocycles. The molecule has 7 rings (SSSR count). The van der Waals surface area contributed by atoms with Crippen LogP contribution in [-0.4, -0.2) is 35.2 Å². The summed E-state index contributed by atoms with van der Waals surface area (Å²) in [6.45, 7) is 1.48. The van der Waals surface area contributed by atoms with E-state index in [1.807, 2.05) is 13.0 Å². The van der Waals surface area contributed by atoms with Crippen molar-refractivity contribution in [2.24, 2.45) is 23.7 Å². The molecule has 1 saturated carbocycles. The van der Waals surface area contributed by atoms with Crippen molar-refractivity contribution in [1.82, 2.24) is 4.98 Å². The van der Waals surface area contributed by atoms with Gasteiger partial charge in [0.25, 0.3) is 0 Å². The van der Waals surface area contributed by atoms with E-state index in [-0.39, 0.29) is 46.6 Å². The molecular formula is C35H26BrFN2O5. The van der Waals surface area contributed by atoms with Gasteiger partial charge in [0, 0.05) is 21.0 Å². The molecule has 3 aromatic carbocycles. The Labute approximate surface area is 260 Å². The zero-order valence-electron chi connectivity index (χ0n) is 23.6. The van der Waals surface area contributed by atoms with Gasteiger partial charge in [-0.1, -0.05) is 47.1 Å². The predicted octanol–water partition coefficient (Wildman–Crippen LogP) is 6.72. The number of carbonyl (C=O) groups is 4. The molecule has 0 radical (unpaired) electrons. The number of aromatic nitrogens is 1. The predicted molar refractivity (Wildman–Crippen MR) is 165 cm³/mol. The Morgan fingerprint density at radius 1 is 0.955 bits per heavy atom. The number of halogens is 2. The highest BCUT2D eigenvalue weighted by Crippen LogP contribution is 2.53. The zero-order chi connectivity index (χ0) is 30.7. The molecule has 2 aliphatic carbocycles. The van der Waals surface area contributed by atoms with Gasteiger partial charge in [0.05, 0.1) is 34.3 Å². The number of pyridine rings is 1. The van der Waals surface area contributed by atoms with E-state index < -0.39 is 24.2 Å². The lowest BCUT2D eigenvalue weighted by molar-refractivity contribution is -0.123. The molecule has 7 nitrogen and oxygen atoms in total. The summed E-state index contributed by atoms with van der Waals surface area (Å²) < 4.78 is 19.5. The molecule has 1 aliphatic heterocycles. The number of hydrogen-bond donors (Lipinski definition) is 0. The van der Waals surface area contributed by atoms with Crippen LogP contribution in [0, 0.1) is 29.5 Å². The van der Waals surface area contributed by atoms with E-state index >= 15 is 0 Å². The number of aryl methyl sites for hydroxylation is 1. The van der Waals surface area contributed by atoms with Crippen LogP contribution in [0.2, 0.25) is 0 Å². The number of benzene rings is 3. The van der Waals surface area contributed by atoms with Gasteiger partial charge in [0.1, 0.15) is 5.82 Å². The Kier molecular flexibility index (Phi) is 7.00. The minimum absolute atomic E-state index is 0.129. The second kappa shape index (κ2) is 10.9. The second-order valence-electron chi connectivity index (χ2n) is 11.4. The van der Waals surface area contributed by atoms with E-state index in [4.69, 9.17) is 9.72 Å². The number of ketones is 1. The molecule has 4 atom stereocenters. The highest BCUT2D eigenvalue weighted by molar-refractivity contribution is 9.10. The highest BCUT2D eigenvalue weighted by Gasteiger charge is 2.59. The van der Waals surface area contributed by atoms with Crippen LogP contribution in [0.1, 0.15) is 39.6 Å². The largest absolute Gasteiger partial charge is 0.454 e. The number of esters is 1. The Morgan fingerprint density at radius 3 is 2.25 bits per heavy atom. The average molecular weight is 654 g/mol.